The second-order valence-corrected chi connectivity index (χ2v) is 6.13. The van der Waals surface area contributed by atoms with Crippen molar-refractivity contribution in [3.8, 4) is 11.5 Å². The van der Waals surface area contributed by atoms with E-state index in [1.807, 2.05) is 23.9 Å². The van der Waals surface area contributed by atoms with Crippen LogP contribution in [0, 0.1) is 0 Å². The second-order valence-electron chi connectivity index (χ2n) is 5.05. The van der Waals surface area contributed by atoms with Gasteiger partial charge in [0.1, 0.15) is 0 Å². The second kappa shape index (κ2) is 7.06. The fourth-order valence-electron chi connectivity index (χ4n) is 2.69. The van der Waals surface area contributed by atoms with Crippen LogP contribution in [0.3, 0.4) is 0 Å². The van der Waals surface area contributed by atoms with Crippen LogP contribution >= 0.6 is 11.8 Å². The van der Waals surface area contributed by atoms with Gasteiger partial charge in [-0.2, -0.15) is 11.8 Å². The lowest BCUT2D eigenvalue weighted by Gasteiger charge is -2.31. The standard InChI is InChI=1S/C15H23NO2S/c1-18-14-9-11(7-8-13(14)17)10-16-12-5-3-4-6-15(12)19-2/h7-9,12,15-17H,3-6,10H2,1-2H3. The summed E-state index contributed by atoms with van der Waals surface area (Å²) in [6.45, 7) is 0.832. The van der Waals surface area contributed by atoms with E-state index in [-0.39, 0.29) is 5.75 Å². The van der Waals surface area contributed by atoms with E-state index in [4.69, 9.17) is 4.74 Å². The lowest BCUT2D eigenvalue weighted by atomic mass is 9.94. The molecule has 1 aliphatic rings. The van der Waals surface area contributed by atoms with Crippen LogP contribution in [0.15, 0.2) is 18.2 Å². The van der Waals surface area contributed by atoms with Gasteiger partial charge in [-0.1, -0.05) is 18.9 Å². The van der Waals surface area contributed by atoms with Gasteiger partial charge in [-0.3, -0.25) is 0 Å². The molecule has 1 aromatic carbocycles. The number of phenols is 1. The molecule has 0 amide bonds. The molecule has 1 aromatic rings. The monoisotopic (exact) mass is 281 g/mol. The number of benzene rings is 1. The molecule has 0 saturated heterocycles. The maximum atomic E-state index is 9.58. The summed E-state index contributed by atoms with van der Waals surface area (Å²) in [5.74, 6) is 0.746. The lowest BCUT2D eigenvalue weighted by molar-refractivity contribution is 0.370. The number of methoxy groups -OCH3 is 1. The van der Waals surface area contributed by atoms with Gasteiger partial charge in [-0.05, 0) is 36.8 Å². The Morgan fingerprint density at radius 3 is 2.89 bits per heavy atom. The smallest absolute Gasteiger partial charge is 0.160 e. The van der Waals surface area contributed by atoms with Crippen molar-refractivity contribution in [2.75, 3.05) is 13.4 Å². The van der Waals surface area contributed by atoms with Crippen LogP contribution in [0.2, 0.25) is 0 Å². The number of hydrogen-bond acceptors (Lipinski definition) is 4. The predicted octanol–water partition coefficient (Wildman–Crippen LogP) is 3.16. The molecule has 4 heteroatoms. The summed E-state index contributed by atoms with van der Waals surface area (Å²) in [5.41, 5.74) is 1.15. The van der Waals surface area contributed by atoms with Crippen LogP contribution in [0.5, 0.6) is 11.5 Å². The minimum absolute atomic E-state index is 0.200. The molecular weight excluding hydrogens is 258 g/mol. The molecule has 0 heterocycles. The van der Waals surface area contributed by atoms with Crippen LogP contribution in [-0.4, -0.2) is 29.8 Å². The number of rotatable bonds is 5. The molecule has 2 N–H and O–H groups in total. The number of nitrogens with one attached hydrogen (secondary N) is 1. The third-order valence-electron chi connectivity index (χ3n) is 3.82. The number of ether oxygens (including phenoxy) is 1. The van der Waals surface area contributed by atoms with Crippen LogP contribution < -0.4 is 10.1 Å². The molecule has 3 nitrogen and oxygen atoms in total. The maximum Gasteiger partial charge on any atom is 0.160 e. The first-order valence-corrected chi connectivity index (χ1v) is 8.15. The van der Waals surface area contributed by atoms with E-state index < -0.39 is 0 Å². The summed E-state index contributed by atoms with van der Waals surface area (Å²) in [5, 5.41) is 14.0. The third-order valence-corrected chi connectivity index (χ3v) is 4.99. The quantitative estimate of drug-likeness (QED) is 0.870. The molecular formula is C15H23NO2S. The Morgan fingerprint density at radius 2 is 2.16 bits per heavy atom. The fraction of sp³-hybridized carbons (Fsp3) is 0.600. The molecule has 0 aliphatic heterocycles. The fourth-order valence-corrected chi connectivity index (χ4v) is 3.66. The van der Waals surface area contributed by atoms with Crippen LogP contribution in [0.1, 0.15) is 31.2 Å². The molecule has 1 aliphatic carbocycles. The highest BCUT2D eigenvalue weighted by Gasteiger charge is 2.23. The zero-order valence-corrected chi connectivity index (χ0v) is 12.5. The molecule has 0 spiro atoms. The van der Waals surface area contributed by atoms with Crippen molar-refractivity contribution in [2.45, 2.75) is 43.5 Å². The zero-order chi connectivity index (χ0) is 13.7. The molecule has 2 rings (SSSR count). The van der Waals surface area contributed by atoms with E-state index in [0.29, 0.717) is 11.8 Å². The van der Waals surface area contributed by atoms with Gasteiger partial charge >= 0.3 is 0 Å². The Kier molecular flexibility index (Phi) is 5.40. The summed E-state index contributed by atoms with van der Waals surface area (Å²) in [4.78, 5) is 0. The van der Waals surface area contributed by atoms with Gasteiger partial charge in [0, 0.05) is 17.8 Å². The molecule has 106 valence electrons. The number of thioether (sulfide) groups is 1. The van der Waals surface area contributed by atoms with Crippen molar-refractivity contribution in [3.63, 3.8) is 0 Å². The Labute approximate surface area is 119 Å². The Hall–Kier alpha value is -0.870. The van der Waals surface area contributed by atoms with E-state index in [1.54, 1.807) is 13.2 Å². The van der Waals surface area contributed by atoms with Gasteiger partial charge < -0.3 is 15.2 Å². The molecule has 2 unspecified atom stereocenters. The van der Waals surface area contributed by atoms with Gasteiger partial charge in [0.15, 0.2) is 11.5 Å². The average molecular weight is 281 g/mol. The van der Waals surface area contributed by atoms with Crippen molar-refractivity contribution in [3.05, 3.63) is 23.8 Å². The largest absolute Gasteiger partial charge is 0.504 e. The van der Waals surface area contributed by atoms with E-state index in [9.17, 15) is 5.11 Å². The Bertz CT molecular complexity index is 411. The van der Waals surface area contributed by atoms with Gasteiger partial charge in [0.05, 0.1) is 7.11 Å². The van der Waals surface area contributed by atoms with E-state index in [2.05, 4.69) is 11.6 Å². The molecule has 1 saturated carbocycles. The number of hydrogen-bond donors (Lipinski definition) is 2. The van der Waals surface area contributed by atoms with E-state index in [1.165, 1.54) is 25.7 Å². The lowest BCUT2D eigenvalue weighted by Crippen LogP contribution is -2.39. The van der Waals surface area contributed by atoms with Gasteiger partial charge in [-0.25, -0.2) is 0 Å². The highest BCUT2D eigenvalue weighted by Crippen LogP contribution is 2.29. The first kappa shape index (κ1) is 14.5. The Morgan fingerprint density at radius 1 is 1.37 bits per heavy atom. The summed E-state index contributed by atoms with van der Waals surface area (Å²) < 4.78 is 5.14. The predicted molar refractivity (Wildman–Crippen MR) is 81.1 cm³/mol. The SMILES string of the molecule is COc1cc(CNC2CCCCC2SC)ccc1O. The minimum atomic E-state index is 0.200. The van der Waals surface area contributed by atoms with Crippen LogP contribution in [0.25, 0.3) is 0 Å². The summed E-state index contributed by atoms with van der Waals surface area (Å²) in [6, 6.07) is 6.15. The highest BCUT2D eigenvalue weighted by molar-refractivity contribution is 7.99. The van der Waals surface area contributed by atoms with Gasteiger partial charge in [0.25, 0.3) is 0 Å². The van der Waals surface area contributed by atoms with Crippen molar-refractivity contribution in [1.29, 1.82) is 0 Å². The number of phenolic OH excluding ortho intramolecular Hbond substituents is 1. The van der Waals surface area contributed by atoms with Crippen molar-refractivity contribution < 1.29 is 9.84 Å². The molecule has 1 fully saturated rings. The van der Waals surface area contributed by atoms with E-state index in [0.717, 1.165) is 17.4 Å². The minimum Gasteiger partial charge on any atom is -0.504 e. The summed E-state index contributed by atoms with van der Waals surface area (Å²) in [6.07, 6.45) is 7.47. The Balaban J connectivity index is 1.94. The normalized spacial score (nSPS) is 23.3. The summed E-state index contributed by atoms with van der Waals surface area (Å²) in [7, 11) is 1.58. The van der Waals surface area contributed by atoms with Crippen LogP contribution in [-0.2, 0) is 6.54 Å². The molecule has 2 atom stereocenters. The third kappa shape index (κ3) is 3.80. The summed E-state index contributed by atoms with van der Waals surface area (Å²) >= 11 is 1.97. The van der Waals surface area contributed by atoms with Gasteiger partial charge in [-0.15, -0.1) is 0 Å². The molecule has 0 bridgehead atoms. The molecule has 19 heavy (non-hydrogen) atoms. The van der Waals surface area contributed by atoms with Crippen LogP contribution in [0.4, 0.5) is 0 Å². The highest BCUT2D eigenvalue weighted by atomic mass is 32.2. The first-order valence-electron chi connectivity index (χ1n) is 6.86. The van der Waals surface area contributed by atoms with Crippen molar-refractivity contribution >= 4 is 11.8 Å². The number of aromatic hydroxyl groups is 1. The molecule has 0 aromatic heterocycles. The average Bonchev–Trinajstić information content (AvgIpc) is 2.46. The zero-order valence-electron chi connectivity index (χ0n) is 11.7. The topological polar surface area (TPSA) is 41.5 Å². The van der Waals surface area contributed by atoms with Crippen molar-refractivity contribution in [2.24, 2.45) is 0 Å². The molecule has 0 radical (unpaired) electrons. The van der Waals surface area contributed by atoms with Gasteiger partial charge in [0.2, 0.25) is 0 Å². The first-order chi connectivity index (χ1) is 9.24. The maximum absolute atomic E-state index is 9.58. The van der Waals surface area contributed by atoms with Crippen molar-refractivity contribution in [1.82, 2.24) is 5.32 Å². The van der Waals surface area contributed by atoms with E-state index >= 15 is 0 Å².